The van der Waals surface area contributed by atoms with Crippen molar-refractivity contribution in [1.29, 1.82) is 0 Å². The van der Waals surface area contributed by atoms with Crippen LogP contribution in [0.2, 0.25) is 0 Å². The van der Waals surface area contributed by atoms with E-state index >= 15 is 0 Å². The van der Waals surface area contributed by atoms with Gasteiger partial charge in [0.1, 0.15) is 5.75 Å². The SMILES string of the molecule is C[C@H](Oc1ccc2c(c1)CCCC2)C(=O)NCc1ccc(N2CCOCC2)cc1. The lowest BCUT2D eigenvalue weighted by Gasteiger charge is -2.28. The minimum absolute atomic E-state index is 0.0972. The Morgan fingerprint density at radius 2 is 1.79 bits per heavy atom. The van der Waals surface area contributed by atoms with Gasteiger partial charge in [-0.15, -0.1) is 0 Å². The number of aryl methyl sites for hydroxylation is 2. The van der Waals surface area contributed by atoms with Crippen LogP contribution in [0.25, 0.3) is 0 Å². The van der Waals surface area contributed by atoms with Gasteiger partial charge in [0.25, 0.3) is 5.91 Å². The van der Waals surface area contributed by atoms with Crippen molar-refractivity contribution in [3.63, 3.8) is 0 Å². The molecular weight excluding hydrogens is 364 g/mol. The van der Waals surface area contributed by atoms with Crippen LogP contribution in [0.15, 0.2) is 42.5 Å². The van der Waals surface area contributed by atoms with Gasteiger partial charge in [0.15, 0.2) is 6.10 Å². The number of anilines is 1. The molecule has 1 heterocycles. The highest BCUT2D eigenvalue weighted by atomic mass is 16.5. The second-order valence-electron chi connectivity index (χ2n) is 7.88. The molecular formula is C24H30N2O3. The van der Waals surface area contributed by atoms with Crippen LogP contribution in [0.1, 0.15) is 36.5 Å². The zero-order valence-corrected chi connectivity index (χ0v) is 17.2. The first-order chi connectivity index (χ1) is 14.2. The summed E-state index contributed by atoms with van der Waals surface area (Å²) in [5.74, 6) is 0.683. The van der Waals surface area contributed by atoms with Crippen LogP contribution >= 0.6 is 0 Å². The van der Waals surface area contributed by atoms with E-state index in [2.05, 4.69) is 46.6 Å². The molecule has 0 unspecified atom stereocenters. The molecule has 29 heavy (non-hydrogen) atoms. The van der Waals surface area contributed by atoms with Crippen LogP contribution in [-0.2, 0) is 28.9 Å². The molecule has 0 bridgehead atoms. The van der Waals surface area contributed by atoms with Crippen LogP contribution < -0.4 is 15.0 Å². The number of benzene rings is 2. The Hall–Kier alpha value is -2.53. The lowest BCUT2D eigenvalue weighted by atomic mass is 9.92. The number of rotatable bonds is 6. The maximum atomic E-state index is 12.5. The fourth-order valence-electron chi connectivity index (χ4n) is 4.02. The number of nitrogens with one attached hydrogen (secondary N) is 1. The normalized spacial score (nSPS) is 17.3. The summed E-state index contributed by atoms with van der Waals surface area (Å²) in [6.07, 6.45) is 4.23. The highest BCUT2D eigenvalue weighted by Crippen LogP contribution is 2.26. The summed E-state index contributed by atoms with van der Waals surface area (Å²) in [5, 5.41) is 2.98. The van der Waals surface area contributed by atoms with Gasteiger partial charge in [-0.2, -0.15) is 0 Å². The van der Waals surface area contributed by atoms with Crippen molar-refractivity contribution in [2.24, 2.45) is 0 Å². The molecule has 1 aliphatic heterocycles. The smallest absolute Gasteiger partial charge is 0.261 e. The quantitative estimate of drug-likeness (QED) is 0.815. The number of carbonyl (C=O) groups excluding carboxylic acids is 1. The lowest BCUT2D eigenvalue weighted by Crippen LogP contribution is -2.36. The van der Waals surface area contributed by atoms with E-state index in [0.717, 1.165) is 50.5 Å². The number of carbonyl (C=O) groups is 1. The molecule has 1 aliphatic carbocycles. The summed E-state index contributed by atoms with van der Waals surface area (Å²) in [4.78, 5) is 14.8. The van der Waals surface area contributed by atoms with Gasteiger partial charge >= 0.3 is 0 Å². The average molecular weight is 395 g/mol. The Labute approximate surface area is 173 Å². The second-order valence-corrected chi connectivity index (χ2v) is 7.88. The van der Waals surface area contributed by atoms with Crippen LogP contribution in [0.3, 0.4) is 0 Å². The number of morpholine rings is 1. The van der Waals surface area contributed by atoms with Gasteiger partial charge in [0.2, 0.25) is 0 Å². The van der Waals surface area contributed by atoms with Crippen molar-refractivity contribution in [3.8, 4) is 5.75 Å². The molecule has 4 rings (SSSR count). The molecule has 1 fully saturated rings. The first-order valence-electron chi connectivity index (χ1n) is 10.7. The van der Waals surface area contributed by atoms with Gasteiger partial charge in [-0.1, -0.05) is 18.2 Å². The van der Waals surface area contributed by atoms with E-state index in [4.69, 9.17) is 9.47 Å². The minimum atomic E-state index is -0.524. The van der Waals surface area contributed by atoms with Gasteiger partial charge in [-0.25, -0.2) is 0 Å². The monoisotopic (exact) mass is 394 g/mol. The zero-order valence-electron chi connectivity index (χ0n) is 17.2. The molecule has 2 aromatic rings. The minimum Gasteiger partial charge on any atom is -0.481 e. The van der Waals surface area contributed by atoms with E-state index in [0.29, 0.717) is 6.54 Å². The molecule has 2 aromatic carbocycles. The third-order valence-corrected chi connectivity index (χ3v) is 5.78. The summed E-state index contributed by atoms with van der Waals surface area (Å²) < 4.78 is 11.3. The highest BCUT2D eigenvalue weighted by Gasteiger charge is 2.16. The van der Waals surface area contributed by atoms with Crippen LogP contribution in [0.5, 0.6) is 5.75 Å². The molecule has 1 saturated heterocycles. The topological polar surface area (TPSA) is 50.8 Å². The molecule has 1 amide bonds. The van der Waals surface area contributed by atoms with Gasteiger partial charge in [-0.05, 0) is 73.6 Å². The fraction of sp³-hybridized carbons (Fsp3) is 0.458. The zero-order chi connectivity index (χ0) is 20.1. The first-order valence-corrected chi connectivity index (χ1v) is 10.7. The van der Waals surface area contributed by atoms with Gasteiger partial charge in [-0.3, -0.25) is 4.79 Å². The first kappa shape index (κ1) is 19.8. The Balaban J connectivity index is 1.27. The molecule has 1 atom stereocenters. The molecule has 0 saturated carbocycles. The Morgan fingerprint density at radius 1 is 1.07 bits per heavy atom. The second kappa shape index (κ2) is 9.31. The Kier molecular flexibility index (Phi) is 6.35. The lowest BCUT2D eigenvalue weighted by molar-refractivity contribution is -0.127. The van der Waals surface area contributed by atoms with Crippen molar-refractivity contribution in [3.05, 3.63) is 59.2 Å². The third-order valence-electron chi connectivity index (χ3n) is 5.78. The predicted octanol–water partition coefficient (Wildman–Crippen LogP) is 3.49. The molecule has 5 heteroatoms. The van der Waals surface area contributed by atoms with E-state index in [-0.39, 0.29) is 5.91 Å². The maximum absolute atomic E-state index is 12.5. The molecule has 0 spiro atoms. The summed E-state index contributed by atoms with van der Waals surface area (Å²) in [7, 11) is 0. The van der Waals surface area contributed by atoms with Crippen molar-refractivity contribution < 1.29 is 14.3 Å². The summed E-state index contributed by atoms with van der Waals surface area (Å²) in [6, 6.07) is 14.6. The fourth-order valence-corrected chi connectivity index (χ4v) is 4.02. The average Bonchev–Trinajstić information content (AvgIpc) is 2.78. The molecule has 0 radical (unpaired) electrons. The van der Waals surface area contributed by atoms with E-state index in [9.17, 15) is 4.79 Å². The standard InChI is InChI=1S/C24H30N2O3/c1-18(29-23-11-8-20-4-2-3-5-21(20)16-23)24(27)25-17-19-6-9-22(10-7-19)26-12-14-28-15-13-26/h6-11,16,18H,2-5,12-15,17H2,1H3,(H,25,27)/t18-/m0/s1. The third kappa shape index (κ3) is 5.10. The van der Waals surface area contributed by atoms with Gasteiger partial charge < -0.3 is 19.7 Å². The predicted molar refractivity (Wildman–Crippen MR) is 114 cm³/mol. The van der Waals surface area contributed by atoms with Crippen LogP contribution in [-0.4, -0.2) is 38.3 Å². The highest BCUT2D eigenvalue weighted by molar-refractivity contribution is 5.80. The van der Waals surface area contributed by atoms with Gasteiger partial charge in [0.05, 0.1) is 13.2 Å². The Bertz CT molecular complexity index is 829. The van der Waals surface area contributed by atoms with E-state index in [1.807, 2.05) is 6.07 Å². The largest absolute Gasteiger partial charge is 0.481 e. The summed E-state index contributed by atoms with van der Waals surface area (Å²) >= 11 is 0. The van der Waals surface area contributed by atoms with Crippen molar-refractivity contribution in [2.45, 2.75) is 45.3 Å². The number of amides is 1. The maximum Gasteiger partial charge on any atom is 0.261 e. The summed E-state index contributed by atoms with van der Waals surface area (Å²) in [5.41, 5.74) is 5.06. The summed E-state index contributed by atoms with van der Waals surface area (Å²) in [6.45, 7) is 5.71. The number of ether oxygens (including phenoxy) is 2. The van der Waals surface area contributed by atoms with E-state index < -0.39 is 6.10 Å². The van der Waals surface area contributed by atoms with Crippen molar-refractivity contribution in [1.82, 2.24) is 5.32 Å². The van der Waals surface area contributed by atoms with Gasteiger partial charge in [0, 0.05) is 25.3 Å². The number of hydrogen-bond acceptors (Lipinski definition) is 4. The number of hydrogen-bond donors (Lipinski definition) is 1. The Morgan fingerprint density at radius 3 is 2.55 bits per heavy atom. The van der Waals surface area contributed by atoms with E-state index in [1.54, 1.807) is 6.92 Å². The van der Waals surface area contributed by atoms with Crippen molar-refractivity contribution >= 4 is 11.6 Å². The van der Waals surface area contributed by atoms with Crippen LogP contribution in [0.4, 0.5) is 5.69 Å². The van der Waals surface area contributed by atoms with Crippen LogP contribution in [0, 0.1) is 0 Å². The van der Waals surface area contributed by atoms with E-state index in [1.165, 1.54) is 29.7 Å². The molecule has 0 aromatic heterocycles. The number of nitrogens with zero attached hydrogens (tertiary/aromatic N) is 1. The molecule has 2 aliphatic rings. The number of fused-ring (bicyclic) bond motifs is 1. The molecule has 154 valence electrons. The van der Waals surface area contributed by atoms with Crippen molar-refractivity contribution in [2.75, 3.05) is 31.2 Å². The molecule has 1 N–H and O–H groups in total. The molecule has 5 nitrogen and oxygen atoms in total.